The molecule has 0 bridgehead atoms. The van der Waals surface area contributed by atoms with Crippen molar-refractivity contribution >= 4 is 22.1 Å². The van der Waals surface area contributed by atoms with Crippen molar-refractivity contribution < 1.29 is 32.2 Å². The molecule has 0 fully saturated rings. The van der Waals surface area contributed by atoms with Crippen LogP contribution in [0, 0.1) is 0 Å². The lowest BCUT2D eigenvalue weighted by Crippen LogP contribution is -2.34. The second kappa shape index (κ2) is 9.70. The van der Waals surface area contributed by atoms with Crippen molar-refractivity contribution in [1.29, 1.82) is 0 Å². The van der Waals surface area contributed by atoms with Gasteiger partial charge in [-0.3, -0.25) is 4.79 Å². The van der Waals surface area contributed by atoms with Gasteiger partial charge in [-0.2, -0.15) is 0 Å². The van der Waals surface area contributed by atoms with E-state index in [1.54, 1.807) is 44.2 Å². The highest BCUT2D eigenvalue weighted by Gasteiger charge is 2.17. The van der Waals surface area contributed by atoms with Gasteiger partial charge in [0.25, 0.3) is 5.91 Å². The Bertz CT molecular complexity index is 897. The lowest BCUT2D eigenvalue weighted by Gasteiger charge is -2.09. The second-order valence-corrected chi connectivity index (χ2v) is 7.66. The van der Waals surface area contributed by atoms with E-state index in [-0.39, 0.29) is 24.2 Å². The molecule has 1 aromatic heterocycles. The van der Waals surface area contributed by atoms with Crippen molar-refractivity contribution in [2.75, 3.05) is 12.4 Å². The maximum atomic E-state index is 12.1. The van der Waals surface area contributed by atoms with Crippen LogP contribution in [0.1, 0.15) is 24.2 Å². The maximum absolute atomic E-state index is 12.1. The van der Waals surface area contributed by atoms with E-state index in [0.29, 0.717) is 5.75 Å². The molecular formula is C18H20N2O7S. The molecule has 0 aliphatic carbocycles. The molecular weight excluding hydrogens is 388 g/mol. The number of hydrogen-bond donors (Lipinski definition) is 1. The Morgan fingerprint density at radius 3 is 2.43 bits per heavy atom. The lowest BCUT2D eigenvalue weighted by atomic mass is 10.3. The van der Waals surface area contributed by atoms with E-state index in [1.165, 1.54) is 12.1 Å². The molecule has 0 aliphatic rings. The first-order valence-electron chi connectivity index (χ1n) is 8.32. The smallest absolute Gasteiger partial charge is 0.492 e. The number of carbonyl (C=O) groups is 2. The summed E-state index contributed by atoms with van der Waals surface area (Å²) in [4.78, 5) is 27.2. The first-order chi connectivity index (χ1) is 13.2. The highest BCUT2D eigenvalue weighted by atomic mass is 32.2. The molecule has 2 rings (SSSR count). The van der Waals surface area contributed by atoms with Gasteiger partial charge >= 0.3 is 6.16 Å². The summed E-state index contributed by atoms with van der Waals surface area (Å²) in [6.07, 6.45) is -0.196. The van der Waals surface area contributed by atoms with Crippen LogP contribution in [0.3, 0.4) is 0 Å². The minimum atomic E-state index is -3.90. The van der Waals surface area contributed by atoms with E-state index in [1.807, 2.05) is 4.72 Å². The molecule has 1 heterocycles. The summed E-state index contributed by atoms with van der Waals surface area (Å²) < 4.78 is 40.8. The van der Waals surface area contributed by atoms with E-state index in [4.69, 9.17) is 14.2 Å². The molecule has 0 atom stereocenters. The second-order valence-electron chi connectivity index (χ2n) is 5.82. The monoisotopic (exact) mass is 408 g/mol. The van der Waals surface area contributed by atoms with Crippen molar-refractivity contribution in [3.05, 3.63) is 54.2 Å². The van der Waals surface area contributed by atoms with Crippen LogP contribution in [0.25, 0.3) is 0 Å². The number of pyridine rings is 1. The molecule has 0 radical (unpaired) electrons. The average Bonchev–Trinajstić information content (AvgIpc) is 2.62. The molecule has 2 aromatic rings. The molecule has 10 heteroatoms. The summed E-state index contributed by atoms with van der Waals surface area (Å²) in [5, 5.41) is 0. The zero-order chi connectivity index (χ0) is 20.6. The number of nitrogens with zero attached hydrogens (tertiary/aromatic N) is 1. The van der Waals surface area contributed by atoms with Gasteiger partial charge in [0, 0.05) is 12.3 Å². The van der Waals surface area contributed by atoms with E-state index in [9.17, 15) is 18.0 Å². The average molecular weight is 408 g/mol. The predicted molar refractivity (Wildman–Crippen MR) is 99.7 cm³/mol. The summed E-state index contributed by atoms with van der Waals surface area (Å²) in [5.74, 6) is -0.812. The molecule has 1 N–H and O–H groups in total. The first-order valence-corrected chi connectivity index (χ1v) is 9.97. The van der Waals surface area contributed by atoms with E-state index < -0.39 is 27.8 Å². The number of aromatic nitrogens is 1. The Morgan fingerprint density at radius 2 is 1.82 bits per heavy atom. The highest BCUT2D eigenvalue weighted by Crippen LogP contribution is 2.10. The number of hydrogen-bond acceptors (Lipinski definition) is 8. The highest BCUT2D eigenvalue weighted by molar-refractivity contribution is 7.90. The maximum Gasteiger partial charge on any atom is 0.515 e. The normalized spacial score (nSPS) is 11.0. The van der Waals surface area contributed by atoms with Gasteiger partial charge in [-0.05, 0) is 32.0 Å². The molecule has 0 saturated heterocycles. The van der Waals surface area contributed by atoms with Crippen LogP contribution in [0.2, 0.25) is 0 Å². The molecule has 9 nitrogen and oxygen atoms in total. The molecule has 28 heavy (non-hydrogen) atoms. The SMILES string of the molecule is CC(C)OC(=O)Oc1ccc(C(=O)NS(=O)(=O)CCOc2ccccc2)cn1. The number of benzene rings is 1. The van der Waals surface area contributed by atoms with Crippen LogP contribution in [0.15, 0.2) is 48.7 Å². The Kier molecular flexibility index (Phi) is 7.33. The summed E-state index contributed by atoms with van der Waals surface area (Å²) in [7, 11) is -3.90. The van der Waals surface area contributed by atoms with Gasteiger partial charge in [0.1, 0.15) is 18.1 Å². The number of amides is 1. The van der Waals surface area contributed by atoms with Gasteiger partial charge < -0.3 is 14.2 Å². The number of carbonyl (C=O) groups excluding carboxylic acids is 2. The van der Waals surface area contributed by atoms with E-state index in [0.717, 1.165) is 6.20 Å². The quantitative estimate of drug-likeness (QED) is 0.660. The largest absolute Gasteiger partial charge is 0.515 e. The fourth-order valence-corrected chi connectivity index (χ4v) is 2.72. The molecule has 1 amide bonds. The Balaban J connectivity index is 1.86. The fraction of sp³-hybridized carbons (Fsp3) is 0.278. The summed E-state index contributed by atoms with van der Waals surface area (Å²) >= 11 is 0. The van der Waals surface area contributed by atoms with Gasteiger partial charge in [0.05, 0.1) is 11.7 Å². The van der Waals surface area contributed by atoms with E-state index >= 15 is 0 Å². The first kappa shape index (κ1) is 21.2. The molecule has 150 valence electrons. The number of ether oxygens (including phenoxy) is 3. The minimum Gasteiger partial charge on any atom is -0.492 e. The van der Waals surface area contributed by atoms with Gasteiger partial charge in [-0.15, -0.1) is 0 Å². The number of para-hydroxylation sites is 1. The number of sulfonamides is 1. The van der Waals surface area contributed by atoms with Crippen LogP contribution in [0.4, 0.5) is 4.79 Å². The number of rotatable bonds is 8. The van der Waals surface area contributed by atoms with Crippen molar-refractivity contribution in [2.45, 2.75) is 20.0 Å². The van der Waals surface area contributed by atoms with Gasteiger partial charge in [-0.1, -0.05) is 18.2 Å². The van der Waals surface area contributed by atoms with Crippen molar-refractivity contribution in [1.82, 2.24) is 9.71 Å². The van der Waals surface area contributed by atoms with E-state index in [2.05, 4.69) is 4.98 Å². The summed E-state index contributed by atoms with van der Waals surface area (Å²) in [5.41, 5.74) is -0.0165. The molecule has 0 unspecified atom stereocenters. The van der Waals surface area contributed by atoms with Crippen LogP contribution in [-0.2, 0) is 14.8 Å². The standard InChI is InChI=1S/C18H20N2O7S/c1-13(2)26-18(22)27-16-9-8-14(12-19-16)17(21)20-28(23,24)11-10-25-15-6-4-3-5-7-15/h3-9,12-13H,10-11H2,1-2H3,(H,20,21). The topological polar surface area (TPSA) is 121 Å². The molecule has 0 aliphatic heterocycles. The summed E-state index contributed by atoms with van der Waals surface area (Å²) in [6, 6.07) is 11.2. The Hall–Kier alpha value is -3.14. The lowest BCUT2D eigenvalue weighted by molar-refractivity contribution is 0.0716. The fourth-order valence-electron chi connectivity index (χ4n) is 1.91. The van der Waals surface area contributed by atoms with Crippen molar-refractivity contribution in [3.63, 3.8) is 0 Å². The number of nitrogens with one attached hydrogen (secondary N) is 1. The third-order valence-electron chi connectivity index (χ3n) is 3.13. The van der Waals surface area contributed by atoms with Crippen LogP contribution in [-0.4, -0.2) is 43.9 Å². The third-order valence-corrected chi connectivity index (χ3v) is 4.33. The van der Waals surface area contributed by atoms with Gasteiger partial charge in [0.15, 0.2) is 0 Å². The van der Waals surface area contributed by atoms with Gasteiger partial charge in [-0.25, -0.2) is 22.9 Å². The zero-order valence-corrected chi connectivity index (χ0v) is 16.1. The van der Waals surface area contributed by atoms with Crippen molar-refractivity contribution in [2.24, 2.45) is 0 Å². The van der Waals surface area contributed by atoms with Crippen LogP contribution < -0.4 is 14.2 Å². The zero-order valence-electron chi connectivity index (χ0n) is 15.3. The minimum absolute atomic E-state index is 0.0165. The molecule has 1 aromatic carbocycles. The van der Waals surface area contributed by atoms with Crippen LogP contribution in [0.5, 0.6) is 11.6 Å². The van der Waals surface area contributed by atoms with Crippen molar-refractivity contribution in [3.8, 4) is 11.6 Å². The summed E-state index contributed by atoms with van der Waals surface area (Å²) in [6.45, 7) is 3.20. The third kappa shape index (κ3) is 7.23. The van der Waals surface area contributed by atoms with Gasteiger partial charge in [0.2, 0.25) is 15.9 Å². The molecule has 0 saturated carbocycles. The Labute approximate surface area is 162 Å². The van der Waals surface area contributed by atoms with Crippen LogP contribution >= 0.6 is 0 Å². The Morgan fingerprint density at radius 1 is 1.11 bits per heavy atom. The molecule has 0 spiro atoms. The predicted octanol–water partition coefficient (Wildman–Crippen LogP) is 2.14.